The molecule has 0 saturated heterocycles. The smallest absolute Gasteiger partial charge is 0.307 e. The van der Waals surface area contributed by atoms with Gasteiger partial charge in [-0.1, -0.05) is 0 Å². The van der Waals surface area contributed by atoms with Crippen LogP contribution >= 0.6 is 0 Å². The van der Waals surface area contributed by atoms with Crippen LogP contribution in [0.2, 0.25) is 0 Å². The molecular weight excluding hydrogens is 198 g/mol. The molecule has 1 aliphatic carbocycles. The fourth-order valence-corrected chi connectivity index (χ4v) is 1.45. The Bertz CT molecular complexity index is 374. The summed E-state index contributed by atoms with van der Waals surface area (Å²) in [4.78, 5) is 28.6. The fourth-order valence-electron chi connectivity index (χ4n) is 1.45. The highest BCUT2D eigenvalue weighted by atomic mass is 16.4. The number of hydrogen-bond acceptors (Lipinski definition) is 3. The van der Waals surface area contributed by atoms with Crippen LogP contribution in [0.5, 0.6) is 0 Å². The maximum atomic E-state index is 11.4. The van der Waals surface area contributed by atoms with Gasteiger partial charge < -0.3 is 15.4 Å². The summed E-state index contributed by atoms with van der Waals surface area (Å²) in [5, 5.41) is 11.3. The number of nitrogens with one attached hydrogen (secondary N) is 2. The molecule has 1 heterocycles. The molecule has 1 saturated carbocycles. The first kappa shape index (κ1) is 9.70. The van der Waals surface area contributed by atoms with E-state index >= 15 is 0 Å². The summed E-state index contributed by atoms with van der Waals surface area (Å²) in [6.07, 6.45) is 3.59. The maximum absolute atomic E-state index is 11.4. The van der Waals surface area contributed by atoms with E-state index in [4.69, 9.17) is 5.11 Å². The minimum Gasteiger partial charge on any atom is -0.481 e. The number of H-pyrrole nitrogens is 1. The lowest BCUT2D eigenvalue weighted by atomic mass is 10.3. The zero-order chi connectivity index (χ0) is 10.8. The van der Waals surface area contributed by atoms with Crippen LogP contribution < -0.4 is 5.32 Å². The molecule has 15 heavy (non-hydrogen) atoms. The molecule has 1 aliphatic rings. The number of carbonyl (C=O) groups excluding carboxylic acids is 1. The summed E-state index contributed by atoms with van der Waals surface area (Å²) in [6.45, 7) is 0.363. The van der Waals surface area contributed by atoms with Gasteiger partial charge in [-0.05, 0) is 6.42 Å². The average Bonchev–Trinajstić information content (AvgIpc) is 2.85. The molecule has 2 atom stereocenters. The van der Waals surface area contributed by atoms with Crippen LogP contribution in [0.3, 0.4) is 0 Å². The van der Waals surface area contributed by atoms with Crippen molar-refractivity contribution in [1.82, 2.24) is 15.3 Å². The molecule has 1 fully saturated rings. The van der Waals surface area contributed by atoms with Gasteiger partial charge >= 0.3 is 5.97 Å². The van der Waals surface area contributed by atoms with E-state index in [-0.39, 0.29) is 11.8 Å². The lowest BCUT2D eigenvalue weighted by Gasteiger charge is -2.01. The topological polar surface area (TPSA) is 95.1 Å². The Morgan fingerprint density at radius 3 is 2.93 bits per heavy atom. The predicted octanol–water partition coefficient (Wildman–Crippen LogP) is -0.253. The van der Waals surface area contributed by atoms with Gasteiger partial charge in [0.2, 0.25) is 5.91 Å². The van der Waals surface area contributed by atoms with Gasteiger partial charge in [0, 0.05) is 6.20 Å². The van der Waals surface area contributed by atoms with E-state index in [0.717, 1.165) is 5.69 Å². The molecular formula is C9H11N3O3. The summed E-state index contributed by atoms with van der Waals surface area (Å²) in [5.41, 5.74) is 0.802. The molecule has 0 bridgehead atoms. The fraction of sp³-hybridized carbons (Fsp3) is 0.444. The first-order valence-electron chi connectivity index (χ1n) is 4.66. The highest BCUT2D eigenvalue weighted by molar-refractivity contribution is 5.89. The number of amides is 1. The van der Waals surface area contributed by atoms with Gasteiger partial charge in [-0.3, -0.25) is 9.59 Å². The normalized spacial score (nSPS) is 23.5. The van der Waals surface area contributed by atoms with Crippen molar-refractivity contribution in [1.29, 1.82) is 0 Å². The lowest BCUT2D eigenvalue weighted by Crippen LogP contribution is -2.26. The van der Waals surface area contributed by atoms with Crippen LogP contribution in [0.4, 0.5) is 0 Å². The number of rotatable bonds is 4. The molecule has 2 rings (SSSR count). The molecule has 1 aromatic heterocycles. The van der Waals surface area contributed by atoms with Crippen molar-refractivity contribution in [3.8, 4) is 0 Å². The SMILES string of the molecule is O=C(O)[C@H]1C[C@H]1C(=O)NCc1cnc[nH]1. The second-order valence-electron chi connectivity index (χ2n) is 3.58. The first-order valence-corrected chi connectivity index (χ1v) is 4.66. The van der Waals surface area contributed by atoms with E-state index < -0.39 is 11.9 Å². The van der Waals surface area contributed by atoms with Crippen molar-refractivity contribution in [2.75, 3.05) is 0 Å². The van der Waals surface area contributed by atoms with Crippen LogP contribution in [-0.2, 0) is 16.1 Å². The van der Waals surface area contributed by atoms with Gasteiger partial charge in [-0.25, -0.2) is 4.98 Å². The number of carboxylic acids is 1. The minimum absolute atomic E-state index is 0.197. The monoisotopic (exact) mass is 209 g/mol. The van der Waals surface area contributed by atoms with Gasteiger partial charge in [0.1, 0.15) is 0 Å². The van der Waals surface area contributed by atoms with Gasteiger partial charge in [-0.2, -0.15) is 0 Å². The van der Waals surface area contributed by atoms with E-state index in [1.54, 1.807) is 6.20 Å². The third-order valence-electron chi connectivity index (χ3n) is 2.45. The van der Waals surface area contributed by atoms with Gasteiger partial charge in [0.15, 0.2) is 0 Å². The predicted molar refractivity (Wildman–Crippen MR) is 49.7 cm³/mol. The summed E-state index contributed by atoms with van der Waals surface area (Å²) in [6, 6.07) is 0. The summed E-state index contributed by atoms with van der Waals surface area (Å²) in [5.74, 6) is -1.94. The van der Waals surface area contributed by atoms with Crippen molar-refractivity contribution in [2.45, 2.75) is 13.0 Å². The van der Waals surface area contributed by atoms with Crippen molar-refractivity contribution >= 4 is 11.9 Å². The molecule has 1 amide bonds. The molecule has 6 nitrogen and oxygen atoms in total. The van der Waals surface area contributed by atoms with Gasteiger partial charge in [0.25, 0.3) is 0 Å². The van der Waals surface area contributed by atoms with Crippen LogP contribution in [0.15, 0.2) is 12.5 Å². The molecule has 0 aromatic carbocycles. The Morgan fingerprint density at radius 2 is 2.40 bits per heavy atom. The van der Waals surface area contributed by atoms with E-state index in [1.165, 1.54) is 6.33 Å². The zero-order valence-corrected chi connectivity index (χ0v) is 7.93. The van der Waals surface area contributed by atoms with Gasteiger partial charge in [-0.15, -0.1) is 0 Å². The van der Waals surface area contributed by atoms with Crippen molar-refractivity contribution in [3.63, 3.8) is 0 Å². The largest absolute Gasteiger partial charge is 0.481 e. The number of aliphatic carboxylic acids is 1. The van der Waals surface area contributed by atoms with Crippen LogP contribution in [0.1, 0.15) is 12.1 Å². The number of hydrogen-bond donors (Lipinski definition) is 3. The number of nitrogens with zero attached hydrogens (tertiary/aromatic N) is 1. The lowest BCUT2D eigenvalue weighted by molar-refractivity contribution is -0.140. The zero-order valence-electron chi connectivity index (χ0n) is 7.93. The average molecular weight is 209 g/mol. The number of aromatic nitrogens is 2. The third-order valence-corrected chi connectivity index (χ3v) is 2.45. The van der Waals surface area contributed by atoms with Gasteiger partial charge in [0.05, 0.1) is 30.4 Å². The van der Waals surface area contributed by atoms with Crippen LogP contribution in [-0.4, -0.2) is 27.0 Å². The standard InChI is InChI=1S/C9H11N3O3/c13-8(6-1-7(6)9(14)15)11-3-5-2-10-4-12-5/h2,4,6-7H,1,3H2,(H,10,12)(H,11,13)(H,14,15)/t6-,7+/m1/s1. The molecule has 6 heteroatoms. The summed E-state index contributed by atoms with van der Waals surface area (Å²) in [7, 11) is 0. The van der Waals surface area contributed by atoms with Crippen LogP contribution in [0, 0.1) is 11.8 Å². The maximum Gasteiger partial charge on any atom is 0.307 e. The first-order chi connectivity index (χ1) is 7.18. The summed E-state index contributed by atoms with van der Waals surface area (Å²) >= 11 is 0. The molecule has 0 aliphatic heterocycles. The summed E-state index contributed by atoms with van der Waals surface area (Å²) < 4.78 is 0. The molecule has 80 valence electrons. The number of carbonyl (C=O) groups is 2. The molecule has 1 aromatic rings. The van der Waals surface area contributed by atoms with Crippen LogP contribution in [0.25, 0.3) is 0 Å². The Labute approximate surface area is 85.7 Å². The Hall–Kier alpha value is -1.85. The number of carboxylic acid groups (broad SMARTS) is 1. The second-order valence-corrected chi connectivity index (χ2v) is 3.58. The number of aromatic amines is 1. The van der Waals surface area contributed by atoms with Crippen molar-refractivity contribution in [2.24, 2.45) is 11.8 Å². The molecule has 0 spiro atoms. The van der Waals surface area contributed by atoms with Crippen molar-refractivity contribution in [3.05, 3.63) is 18.2 Å². The Morgan fingerprint density at radius 1 is 1.60 bits per heavy atom. The Kier molecular flexibility index (Phi) is 2.40. The molecule has 3 N–H and O–H groups in total. The molecule has 0 unspecified atom stereocenters. The third kappa shape index (κ3) is 2.15. The van der Waals surface area contributed by atoms with E-state index in [2.05, 4.69) is 15.3 Å². The highest BCUT2D eigenvalue weighted by Crippen LogP contribution is 2.38. The van der Waals surface area contributed by atoms with Crippen molar-refractivity contribution < 1.29 is 14.7 Å². The second kappa shape index (κ2) is 3.72. The minimum atomic E-state index is -0.892. The quantitative estimate of drug-likeness (QED) is 0.637. The van der Waals surface area contributed by atoms with E-state index in [9.17, 15) is 9.59 Å². The number of imidazole rings is 1. The molecule has 0 radical (unpaired) electrons. The van der Waals surface area contributed by atoms with E-state index in [0.29, 0.717) is 13.0 Å². The highest BCUT2D eigenvalue weighted by Gasteiger charge is 2.48. The Balaban J connectivity index is 1.77. The van der Waals surface area contributed by atoms with E-state index in [1.807, 2.05) is 0 Å².